The van der Waals surface area contributed by atoms with E-state index in [4.69, 9.17) is 23.4 Å². The second kappa shape index (κ2) is 15.9. The standard InChI is InChI=1S/C32H39F6N3O7Si/c1-5-14-44-30(43)40-24-26(48-49(6-2,7-3)8-4)25-23(18-45-28(47-25)19-12-10-9-11-13-19)46-27(24)41-29(42)39-22-16-20(31(33,34)35)15-21(17-22)32(36,37)38/h5,9-13,15-17,23-28H,1,6-8,14,18H2,2-4H3,(H,40,43)(H2,39,41,42)/t23-,24-,25-,26-,27-,28?/m1/s1. The molecule has 0 aliphatic carbocycles. The molecule has 0 saturated carbocycles. The first-order valence-electron chi connectivity index (χ1n) is 15.7. The maximum Gasteiger partial charge on any atom is 0.416 e. The van der Waals surface area contributed by atoms with Crippen LogP contribution in [0.25, 0.3) is 0 Å². The van der Waals surface area contributed by atoms with Crippen LogP contribution in [0.15, 0.2) is 61.2 Å². The summed E-state index contributed by atoms with van der Waals surface area (Å²) in [4.78, 5) is 26.2. The highest BCUT2D eigenvalue weighted by atomic mass is 28.4. The van der Waals surface area contributed by atoms with Crippen LogP contribution in [0.5, 0.6) is 0 Å². The van der Waals surface area contributed by atoms with Gasteiger partial charge in [-0.25, -0.2) is 9.59 Å². The lowest BCUT2D eigenvalue weighted by Crippen LogP contribution is -2.72. The smallest absolute Gasteiger partial charge is 0.416 e. The highest BCUT2D eigenvalue weighted by Crippen LogP contribution is 2.39. The molecule has 6 atom stereocenters. The summed E-state index contributed by atoms with van der Waals surface area (Å²) in [5.74, 6) is 0. The molecular formula is C32H39F6N3O7Si. The molecule has 2 aliphatic rings. The number of carbonyl (C=O) groups excluding carboxylic acids is 2. The Balaban J connectivity index is 1.69. The fourth-order valence-corrected chi connectivity index (χ4v) is 8.59. The first-order valence-corrected chi connectivity index (χ1v) is 18.2. The molecule has 10 nitrogen and oxygen atoms in total. The zero-order valence-corrected chi connectivity index (χ0v) is 28.0. The first kappa shape index (κ1) is 38.2. The molecule has 49 heavy (non-hydrogen) atoms. The number of anilines is 1. The van der Waals surface area contributed by atoms with Gasteiger partial charge in [0.15, 0.2) is 20.8 Å². The van der Waals surface area contributed by atoms with Gasteiger partial charge < -0.3 is 39.3 Å². The van der Waals surface area contributed by atoms with Crippen LogP contribution >= 0.6 is 0 Å². The minimum atomic E-state index is -5.13. The molecule has 2 aromatic carbocycles. The summed E-state index contributed by atoms with van der Waals surface area (Å²) in [5, 5.41) is 7.14. The predicted octanol–water partition coefficient (Wildman–Crippen LogP) is 7.36. The second-order valence-corrected chi connectivity index (χ2v) is 16.3. The van der Waals surface area contributed by atoms with E-state index < -0.39 is 86.5 Å². The van der Waals surface area contributed by atoms with Crippen molar-refractivity contribution >= 4 is 26.1 Å². The molecule has 2 aromatic rings. The summed E-state index contributed by atoms with van der Waals surface area (Å²) in [6.07, 6.45) is -14.8. The van der Waals surface area contributed by atoms with Gasteiger partial charge in [0.05, 0.1) is 23.8 Å². The number of halogens is 6. The normalized spacial score (nSPS) is 24.3. The van der Waals surface area contributed by atoms with E-state index >= 15 is 0 Å². The van der Waals surface area contributed by atoms with Gasteiger partial charge >= 0.3 is 24.5 Å². The Morgan fingerprint density at radius 3 is 2.10 bits per heavy atom. The van der Waals surface area contributed by atoms with Crippen molar-refractivity contribution in [1.29, 1.82) is 0 Å². The Hall–Kier alpha value is -3.64. The van der Waals surface area contributed by atoms with E-state index in [0.29, 0.717) is 35.8 Å². The third-order valence-corrected chi connectivity index (χ3v) is 13.1. The molecule has 0 radical (unpaired) electrons. The van der Waals surface area contributed by atoms with Gasteiger partial charge in [0, 0.05) is 11.3 Å². The number of fused-ring (bicyclic) bond motifs is 1. The monoisotopic (exact) mass is 719 g/mol. The number of benzene rings is 2. The second-order valence-electron chi connectivity index (χ2n) is 11.5. The Morgan fingerprint density at radius 1 is 0.939 bits per heavy atom. The highest BCUT2D eigenvalue weighted by Gasteiger charge is 2.54. The quantitative estimate of drug-likeness (QED) is 0.126. The van der Waals surface area contributed by atoms with Gasteiger partial charge in [0.1, 0.15) is 24.9 Å². The molecule has 3 N–H and O–H groups in total. The molecule has 2 saturated heterocycles. The number of hydrogen-bond acceptors (Lipinski definition) is 7. The van der Waals surface area contributed by atoms with Gasteiger partial charge in [-0.3, -0.25) is 0 Å². The molecular weight excluding hydrogens is 680 g/mol. The largest absolute Gasteiger partial charge is 0.445 e. The Bertz CT molecular complexity index is 1400. The summed E-state index contributed by atoms with van der Waals surface area (Å²) in [6, 6.07) is 9.40. The van der Waals surface area contributed by atoms with Crippen LogP contribution < -0.4 is 16.0 Å². The summed E-state index contributed by atoms with van der Waals surface area (Å²) < 4.78 is 111. The molecule has 0 aromatic heterocycles. The minimum Gasteiger partial charge on any atom is -0.445 e. The molecule has 0 bridgehead atoms. The number of urea groups is 1. The van der Waals surface area contributed by atoms with Gasteiger partial charge in [-0.15, -0.1) is 0 Å². The highest BCUT2D eigenvalue weighted by molar-refractivity contribution is 6.73. The Labute approximate surface area is 280 Å². The fourth-order valence-electron chi connectivity index (χ4n) is 5.73. The van der Waals surface area contributed by atoms with Gasteiger partial charge in [-0.05, 0) is 36.3 Å². The minimum absolute atomic E-state index is 0.0426. The van der Waals surface area contributed by atoms with E-state index in [-0.39, 0.29) is 19.3 Å². The number of alkyl carbamates (subject to hydrolysis) is 1. The van der Waals surface area contributed by atoms with E-state index in [1.807, 2.05) is 56.4 Å². The van der Waals surface area contributed by atoms with Crippen molar-refractivity contribution in [2.75, 3.05) is 18.5 Å². The number of hydrogen-bond donors (Lipinski definition) is 3. The molecule has 270 valence electrons. The van der Waals surface area contributed by atoms with Crippen molar-refractivity contribution in [3.63, 3.8) is 0 Å². The lowest BCUT2D eigenvalue weighted by Gasteiger charge is -2.51. The molecule has 4 rings (SSSR count). The molecule has 3 amide bonds. The number of alkyl halides is 6. The molecule has 2 aliphatic heterocycles. The van der Waals surface area contributed by atoms with Crippen molar-refractivity contribution in [2.24, 2.45) is 0 Å². The van der Waals surface area contributed by atoms with Crippen molar-refractivity contribution in [2.45, 2.75) is 88.1 Å². The van der Waals surface area contributed by atoms with Gasteiger partial charge in [0.2, 0.25) is 0 Å². The van der Waals surface area contributed by atoms with Crippen molar-refractivity contribution in [1.82, 2.24) is 10.6 Å². The van der Waals surface area contributed by atoms with Gasteiger partial charge in [0.25, 0.3) is 0 Å². The van der Waals surface area contributed by atoms with Crippen molar-refractivity contribution in [3.8, 4) is 0 Å². The maximum absolute atomic E-state index is 13.5. The van der Waals surface area contributed by atoms with Crippen LogP contribution in [0, 0.1) is 0 Å². The topological polar surface area (TPSA) is 116 Å². The van der Waals surface area contributed by atoms with Crippen LogP contribution in [0.4, 0.5) is 41.6 Å². The summed E-state index contributed by atoms with van der Waals surface area (Å²) >= 11 is 0. The third kappa shape index (κ3) is 9.54. The molecule has 2 fully saturated rings. The van der Waals surface area contributed by atoms with Gasteiger partial charge in [-0.1, -0.05) is 63.8 Å². The maximum atomic E-state index is 13.5. The summed E-state index contributed by atoms with van der Waals surface area (Å²) in [5.41, 5.74) is -3.30. The summed E-state index contributed by atoms with van der Waals surface area (Å²) in [6.45, 7) is 9.27. The molecule has 17 heteroatoms. The average molecular weight is 720 g/mol. The van der Waals surface area contributed by atoms with E-state index in [0.717, 1.165) is 0 Å². The molecule has 2 heterocycles. The lowest BCUT2D eigenvalue weighted by atomic mass is 9.95. The zero-order chi connectivity index (χ0) is 36.0. The zero-order valence-electron chi connectivity index (χ0n) is 27.0. The van der Waals surface area contributed by atoms with Crippen molar-refractivity contribution in [3.05, 3.63) is 77.9 Å². The number of ether oxygens (including phenoxy) is 4. The Kier molecular flexibility index (Phi) is 12.4. The van der Waals surface area contributed by atoms with Crippen LogP contribution in [-0.4, -0.2) is 64.2 Å². The molecule has 0 spiro atoms. The first-order chi connectivity index (χ1) is 23.1. The summed E-state index contributed by atoms with van der Waals surface area (Å²) in [7, 11) is -2.51. The average Bonchev–Trinajstić information content (AvgIpc) is 3.06. The van der Waals surface area contributed by atoms with Crippen molar-refractivity contribution < 1.29 is 59.3 Å². The van der Waals surface area contributed by atoms with E-state index in [1.54, 1.807) is 0 Å². The predicted molar refractivity (Wildman–Crippen MR) is 168 cm³/mol. The SMILES string of the molecule is C=CCOC(=O)N[C@@H]1[C@@H](O[Si](CC)(CC)CC)[C@@H]2OC(c3ccccc3)OC[C@H]2O[C@H]1NC(=O)Nc1cc(C(F)(F)F)cc(C(F)(F)F)c1. The number of amides is 3. The van der Waals surface area contributed by atoms with Crippen LogP contribution in [0.2, 0.25) is 18.1 Å². The lowest BCUT2D eigenvalue weighted by molar-refractivity contribution is -0.314. The van der Waals surface area contributed by atoms with Crippen LogP contribution in [0.1, 0.15) is 43.8 Å². The fraction of sp³-hybridized carbons (Fsp3) is 0.500. The van der Waals surface area contributed by atoms with E-state index in [1.165, 1.54) is 6.08 Å². The number of carbonyl (C=O) groups is 2. The van der Waals surface area contributed by atoms with Crippen LogP contribution in [-0.2, 0) is 35.7 Å². The van der Waals surface area contributed by atoms with E-state index in [9.17, 15) is 35.9 Å². The van der Waals surface area contributed by atoms with Gasteiger partial charge in [-0.2, -0.15) is 26.3 Å². The Morgan fingerprint density at radius 2 is 1.55 bits per heavy atom. The third-order valence-electron chi connectivity index (χ3n) is 8.51. The number of nitrogens with one attached hydrogen (secondary N) is 3. The molecule has 1 unspecified atom stereocenters. The van der Waals surface area contributed by atoms with E-state index in [2.05, 4.69) is 17.2 Å². The number of rotatable bonds is 11. The van der Waals surface area contributed by atoms with Crippen LogP contribution in [0.3, 0.4) is 0 Å².